The van der Waals surface area contributed by atoms with Gasteiger partial charge in [-0.2, -0.15) is 10.4 Å². The van der Waals surface area contributed by atoms with E-state index < -0.39 is 11.4 Å². The lowest BCUT2D eigenvalue weighted by molar-refractivity contribution is 0.0240. The zero-order valence-corrected chi connectivity index (χ0v) is 25.1. The first-order valence-corrected chi connectivity index (χ1v) is 14.7. The van der Waals surface area contributed by atoms with Gasteiger partial charge in [-0.3, -0.25) is 0 Å². The second-order valence-electron chi connectivity index (χ2n) is 11.0. The predicted molar refractivity (Wildman–Crippen MR) is 160 cm³/mol. The van der Waals surface area contributed by atoms with E-state index >= 15 is 4.39 Å². The number of nitriles is 1. The van der Waals surface area contributed by atoms with E-state index in [1.165, 1.54) is 29.5 Å². The molecule has 1 amide bonds. The summed E-state index contributed by atoms with van der Waals surface area (Å²) in [4.78, 5) is 23.4. The van der Waals surface area contributed by atoms with E-state index in [0.29, 0.717) is 77.4 Å². The number of carbonyl (C=O) groups is 1. The highest BCUT2D eigenvalue weighted by Crippen LogP contribution is 2.40. The SMILES string of the molecule is CCN(c1nc(-c2ccc(F)cc2)c(C#N)s1)c1c2cc(N3CCN(C(=O)OC(C)(C)C)CC3)cc(F)c2nn1CC. The molecule has 2 aromatic heterocycles. The van der Waals surface area contributed by atoms with Gasteiger partial charge in [0.15, 0.2) is 10.9 Å². The molecule has 1 aliphatic rings. The third-order valence-corrected chi connectivity index (χ3v) is 7.97. The van der Waals surface area contributed by atoms with Gasteiger partial charge in [0.25, 0.3) is 0 Å². The number of hydrogen-bond donors (Lipinski definition) is 0. The van der Waals surface area contributed by atoms with Gasteiger partial charge in [0, 0.05) is 55.9 Å². The molecule has 0 saturated carbocycles. The average molecular weight is 594 g/mol. The van der Waals surface area contributed by atoms with Gasteiger partial charge in [-0.1, -0.05) is 11.3 Å². The Balaban J connectivity index is 1.50. The number of aryl methyl sites for hydroxylation is 1. The van der Waals surface area contributed by atoms with Crippen molar-refractivity contribution < 1.29 is 18.3 Å². The minimum Gasteiger partial charge on any atom is -0.444 e. The second kappa shape index (κ2) is 11.6. The van der Waals surface area contributed by atoms with Crippen LogP contribution in [0.4, 0.5) is 30.2 Å². The van der Waals surface area contributed by atoms with Crippen LogP contribution in [0.3, 0.4) is 0 Å². The third kappa shape index (κ3) is 5.74. The minimum atomic E-state index is -0.575. The standard InChI is InChI=1S/C30H33F2N7O2S/c1-6-38(28-34-25(24(18-33)42-28)19-8-10-20(31)11-9-19)27-22-16-21(17-23(32)26(22)35-39(27)7-2)36-12-14-37(15-13-36)29(40)41-30(3,4)5/h8-11,16-17H,6-7,12-15H2,1-5H3. The Kier molecular flexibility index (Phi) is 8.06. The first-order chi connectivity index (χ1) is 20.0. The lowest BCUT2D eigenvalue weighted by Gasteiger charge is -2.36. The van der Waals surface area contributed by atoms with E-state index in [2.05, 4.69) is 16.1 Å². The largest absolute Gasteiger partial charge is 0.444 e. The molecule has 2 aromatic carbocycles. The molecular weight excluding hydrogens is 560 g/mol. The van der Waals surface area contributed by atoms with Gasteiger partial charge in [-0.05, 0) is 71.0 Å². The molecule has 0 radical (unpaired) electrons. The number of carbonyl (C=O) groups excluding carboxylic acids is 1. The van der Waals surface area contributed by atoms with Crippen LogP contribution < -0.4 is 9.80 Å². The summed E-state index contributed by atoms with van der Waals surface area (Å²) in [7, 11) is 0. The highest BCUT2D eigenvalue weighted by Gasteiger charge is 2.28. The van der Waals surface area contributed by atoms with Gasteiger partial charge in [0.1, 0.15) is 39.4 Å². The molecule has 3 heterocycles. The molecule has 0 unspecified atom stereocenters. The van der Waals surface area contributed by atoms with Crippen molar-refractivity contribution in [3.8, 4) is 17.3 Å². The van der Waals surface area contributed by atoms with Crippen molar-refractivity contribution in [2.45, 2.75) is 46.8 Å². The summed E-state index contributed by atoms with van der Waals surface area (Å²) in [5, 5.41) is 15.6. The molecule has 9 nitrogen and oxygen atoms in total. The first-order valence-electron chi connectivity index (χ1n) is 13.9. The van der Waals surface area contributed by atoms with E-state index in [1.807, 2.05) is 45.6 Å². The smallest absolute Gasteiger partial charge is 0.410 e. The van der Waals surface area contributed by atoms with Crippen molar-refractivity contribution in [3.05, 3.63) is 52.9 Å². The number of ether oxygens (including phenoxy) is 1. The number of thiazole rings is 1. The van der Waals surface area contributed by atoms with E-state index in [4.69, 9.17) is 9.72 Å². The van der Waals surface area contributed by atoms with Crippen LogP contribution in [0.5, 0.6) is 0 Å². The number of hydrogen-bond acceptors (Lipinski definition) is 8. The van der Waals surface area contributed by atoms with Crippen LogP contribution >= 0.6 is 11.3 Å². The van der Waals surface area contributed by atoms with Crippen molar-refractivity contribution >= 4 is 45.0 Å². The molecule has 1 aliphatic heterocycles. The fourth-order valence-corrected chi connectivity index (χ4v) is 5.96. The van der Waals surface area contributed by atoms with Crippen molar-refractivity contribution in [1.82, 2.24) is 19.7 Å². The summed E-state index contributed by atoms with van der Waals surface area (Å²) < 4.78 is 36.4. The van der Waals surface area contributed by atoms with Crippen LogP contribution in [0, 0.1) is 23.0 Å². The molecule has 1 fully saturated rings. The maximum Gasteiger partial charge on any atom is 0.410 e. The highest BCUT2D eigenvalue weighted by molar-refractivity contribution is 7.16. The van der Waals surface area contributed by atoms with Gasteiger partial charge in [-0.15, -0.1) is 0 Å². The van der Waals surface area contributed by atoms with Gasteiger partial charge in [0.2, 0.25) is 0 Å². The molecule has 12 heteroatoms. The Labute approximate surface area is 247 Å². The number of rotatable bonds is 6. The summed E-state index contributed by atoms with van der Waals surface area (Å²) >= 11 is 1.23. The van der Waals surface area contributed by atoms with Crippen LogP contribution in [0.1, 0.15) is 39.5 Å². The van der Waals surface area contributed by atoms with Gasteiger partial charge < -0.3 is 19.4 Å². The quantitative estimate of drug-likeness (QED) is 0.251. The van der Waals surface area contributed by atoms with Gasteiger partial charge in [-0.25, -0.2) is 23.2 Å². The fourth-order valence-electron chi connectivity index (χ4n) is 5.00. The zero-order valence-electron chi connectivity index (χ0n) is 24.3. The van der Waals surface area contributed by atoms with E-state index in [0.717, 1.165) is 0 Å². The molecule has 0 N–H and O–H groups in total. The molecule has 0 aliphatic carbocycles. The molecule has 4 aromatic rings. The number of nitrogens with zero attached hydrogens (tertiary/aromatic N) is 7. The monoisotopic (exact) mass is 593 g/mol. The fraction of sp³-hybridized carbons (Fsp3) is 0.400. The Hall–Kier alpha value is -4.24. The summed E-state index contributed by atoms with van der Waals surface area (Å²) in [6.07, 6.45) is -0.353. The summed E-state index contributed by atoms with van der Waals surface area (Å²) in [6.45, 7) is 12.3. The van der Waals surface area contributed by atoms with Crippen LogP contribution in [-0.2, 0) is 11.3 Å². The highest BCUT2D eigenvalue weighted by atomic mass is 32.1. The number of fused-ring (bicyclic) bond motifs is 1. The Morgan fingerprint density at radius 3 is 2.40 bits per heavy atom. The second-order valence-corrected chi connectivity index (χ2v) is 11.9. The lowest BCUT2D eigenvalue weighted by atomic mass is 10.1. The Bertz CT molecular complexity index is 1650. The average Bonchev–Trinajstić information content (AvgIpc) is 3.55. The normalized spacial score (nSPS) is 13.9. The van der Waals surface area contributed by atoms with Crippen LogP contribution in [0.25, 0.3) is 22.2 Å². The molecule has 0 atom stereocenters. The lowest BCUT2D eigenvalue weighted by Crippen LogP contribution is -2.50. The first kappa shape index (κ1) is 29.3. The van der Waals surface area contributed by atoms with Crippen molar-refractivity contribution in [3.63, 3.8) is 0 Å². The predicted octanol–water partition coefficient (Wildman–Crippen LogP) is 6.54. The molecule has 42 heavy (non-hydrogen) atoms. The number of anilines is 3. The Morgan fingerprint density at radius 1 is 1.12 bits per heavy atom. The molecule has 0 spiro atoms. The van der Waals surface area contributed by atoms with Crippen LogP contribution in [-0.4, -0.2) is 64.1 Å². The minimum absolute atomic E-state index is 0.247. The molecule has 1 saturated heterocycles. The van der Waals surface area contributed by atoms with Gasteiger partial charge in [0.05, 0.1) is 0 Å². The van der Waals surface area contributed by atoms with Crippen molar-refractivity contribution in [2.24, 2.45) is 0 Å². The van der Waals surface area contributed by atoms with Crippen molar-refractivity contribution in [1.29, 1.82) is 5.26 Å². The summed E-state index contributed by atoms with van der Waals surface area (Å²) in [5.41, 5.74) is 1.48. The number of piperazine rings is 1. The number of halogens is 2. The number of benzene rings is 2. The maximum absolute atomic E-state index is 15.6. The number of amides is 1. The molecular formula is C30H33F2N7O2S. The maximum atomic E-state index is 15.6. The van der Waals surface area contributed by atoms with E-state index in [9.17, 15) is 14.4 Å². The van der Waals surface area contributed by atoms with Gasteiger partial charge >= 0.3 is 6.09 Å². The molecule has 0 bridgehead atoms. The number of aromatic nitrogens is 3. The van der Waals surface area contributed by atoms with Crippen LogP contribution in [0.15, 0.2) is 36.4 Å². The van der Waals surface area contributed by atoms with E-state index in [1.54, 1.807) is 21.7 Å². The van der Waals surface area contributed by atoms with E-state index in [-0.39, 0.29) is 17.4 Å². The topological polar surface area (TPSA) is 90.5 Å². The zero-order chi connectivity index (χ0) is 30.2. The van der Waals surface area contributed by atoms with Crippen molar-refractivity contribution in [2.75, 3.05) is 42.5 Å². The summed E-state index contributed by atoms with van der Waals surface area (Å²) in [5.74, 6) is -0.136. The third-order valence-electron chi connectivity index (χ3n) is 6.99. The molecule has 220 valence electrons. The Morgan fingerprint density at radius 2 is 1.81 bits per heavy atom. The summed E-state index contributed by atoms with van der Waals surface area (Å²) in [6, 6.07) is 11.5. The van der Waals surface area contributed by atoms with Crippen LogP contribution in [0.2, 0.25) is 0 Å². The molecule has 5 rings (SSSR count).